The van der Waals surface area contributed by atoms with Crippen LogP contribution in [0.5, 0.6) is 0 Å². The molecule has 0 aliphatic heterocycles. The lowest BCUT2D eigenvalue weighted by molar-refractivity contribution is 0.671. The van der Waals surface area contributed by atoms with Crippen molar-refractivity contribution in [2.45, 2.75) is 0 Å². The largest absolute Gasteiger partial charge is 0.454 e. The van der Waals surface area contributed by atoms with Gasteiger partial charge < -0.3 is 27.1 Å². The van der Waals surface area contributed by atoms with Gasteiger partial charge in [0.15, 0.2) is 11.2 Å². The summed E-state index contributed by atoms with van der Waals surface area (Å²) in [6.07, 6.45) is 0. The molecule has 0 radical (unpaired) electrons. The van der Waals surface area contributed by atoms with Crippen LogP contribution in [0.2, 0.25) is 0 Å². The molecular weight excluding hydrogens is 1060 g/mol. The summed E-state index contributed by atoms with van der Waals surface area (Å²) in [7, 11) is 0. The molecule has 18 aromatic rings. The summed E-state index contributed by atoms with van der Waals surface area (Å²) in [5.41, 5.74) is 16.2. The van der Waals surface area contributed by atoms with Crippen LogP contribution in [0.25, 0.3) is 165 Å². The van der Waals surface area contributed by atoms with Crippen LogP contribution in [0, 0.1) is 45.3 Å². The number of para-hydroxylation sites is 6. The quantitative estimate of drug-likeness (QED) is 0.168. The van der Waals surface area contributed by atoms with Gasteiger partial charge >= 0.3 is 0 Å². The SMILES string of the molecule is N#Cc1ccc(C#N)c(-n2c3ccccc3c3cc4c(cc32)c2cc(-c3cc5c6ccccc6n(-c6cc(C#N)cc(-n7c8ccccc8c8ccc9c%10ccccc%10oc9c87)c6C#N)c5c5oc6ccccc6c35)ccc2n4-c2ccccc2)c1. The van der Waals surface area contributed by atoms with E-state index in [2.05, 4.69) is 164 Å². The fourth-order valence-corrected chi connectivity index (χ4v) is 14.1. The van der Waals surface area contributed by atoms with Crippen molar-refractivity contribution in [3.63, 3.8) is 0 Å². The van der Waals surface area contributed by atoms with E-state index < -0.39 is 0 Å². The minimum atomic E-state index is 0.366. The van der Waals surface area contributed by atoms with E-state index in [0.717, 1.165) is 131 Å². The van der Waals surface area contributed by atoms with Crippen molar-refractivity contribution in [3.8, 4) is 58.2 Å². The molecule has 6 aromatic heterocycles. The summed E-state index contributed by atoms with van der Waals surface area (Å²) in [6.45, 7) is 0. The molecule has 10 heteroatoms. The average molecular weight is 1100 g/mol. The molecule has 0 saturated carbocycles. The van der Waals surface area contributed by atoms with Crippen LogP contribution in [-0.2, 0) is 0 Å². The third-order valence-electron chi connectivity index (χ3n) is 17.7. The summed E-state index contributed by atoms with van der Waals surface area (Å²) in [6, 6.07) is 87.7. The van der Waals surface area contributed by atoms with Gasteiger partial charge in [-0.15, -0.1) is 0 Å². The molecule has 394 valence electrons. The molecule has 0 bridgehead atoms. The zero-order valence-electron chi connectivity index (χ0n) is 45.3. The molecule has 18 rings (SSSR count). The number of furan rings is 2. The minimum absolute atomic E-state index is 0.366. The number of rotatable bonds is 5. The van der Waals surface area contributed by atoms with E-state index in [4.69, 9.17) is 8.83 Å². The molecule has 0 fully saturated rings. The molecule has 0 N–H and O–H groups in total. The second-order valence-electron chi connectivity index (χ2n) is 22.0. The van der Waals surface area contributed by atoms with Crippen molar-refractivity contribution in [1.29, 1.82) is 21.0 Å². The van der Waals surface area contributed by atoms with Gasteiger partial charge in [0, 0.05) is 70.3 Å². The van der Waals surface area contributed by atoms with Crippen molar-refractivity contribution in [2.75, 3.05) is 0 Å². The van der Waals surface area contributed by atoms with Crippen LogP contribution in [0.15, 0.2) is 239 Å². The molecule has 0 spiro atoms. The van der Waals surface area contributed by atoms with Crippen LogP contribution >= 0.6 is 0 Å². The van der Waals surface area contributed by atoms with Crippen LogP contribution in [0.4, 0.5) is 0 Å². The number of nitrogens with zero attached hydrogens (tertiary/aromatic N) is 8. The zero-order valence-corrected chi connectivity index (χ0v) is 45.3. The topological polar surface area (TPSA) is 141 Å². The van der Waals surface area contributed by atoms with Gasteiger partial charge in [-0.25, -0.2) is 0 Å². The molecule has 6 heterocycles. The summed E-state index contributed by atoms with van der Waals surface area (Å²) < 4.78 is 22.6. The molecular formula is C76H38N8O2. The fourth-order valence-electron chi connectivity index (χ4n) is 14.1. The number of hydrogen-bond acceptors (Lipinski definition) is 6. The first-order valence-electron chi connectivity index (χ1n) is 28.2. The van der Waals surface area contributed by atoms with Gasteiger partial charge in [0.1, 0.15) is 28.9 Å². The van der Waals surface area contributed by atoms with Crippen LogP contribution in [0.3, 0.4) is 0 Å². The van der Waals surface area contributed by atoms with Gasteiger partial charge in [0.2, 0.25) is 0 Å². The number of aromatic nitrogens is 4. The van der Waals surface area contributed by atoms with Crippen molar-refractivity contribution in [3.05, 3.63) is 253 Å². The van der Waals surface area contributed by atoms with Crippen molar-refractivity contribution < 1.29 is 8.83 Å². The van der Waals surface area contributed by atoms with Gasteiger partial charge in [-0.3, -0.25) is 0 Å². The fraction of sp³-hybridized carbons (Fsp3) is 0. The Morgan fingerprint density at radius 2 is 0.826 bits per heavy atom. The number of benzene rings is 12. The standard InChI is InChI=1S/C76H38N8O2/c77-39-43-26-27-46(41-79)65(32-43)82-61-21-9-5-17-49(61)57-37-68-58(38-69(57)82)56-35-45(28-31-64(56)81(68)47-14-2-1-3-15-47)55-36-59-50-18-6-11-23-63(50)84(74(59)76-72(55)54-20-8-13-25-71(54)86-76)67-34-44(40-78)33-66(60(67)42-80)83-62-22-10-4-16-48(62)52-29-30-53-51-19-7-12-24-70(51)85-75(53)73(52)83/h1-38H. The van der Waals surface area contributed by atoms with Crippen LogP contribution < -0.4 is 0 Å². The Morgan fingerprint density at radius 3 is 1.51 bits per heavy atom. The first kappa shape index (κ1) is 47.1. The maximum absolute atomic E-state index is 11.8. The normalized spacial score (nSPS) is 11.9. The van der Waals surface area contributed by atoms with Crippen molar-refractivity contribution >= 4 is 131 Å². The molecule has 0 amide bonds. The average Bonchev–Trinajstić information content (AvgIpc) is 1.58. The van der Waals surface area contributed by atoms with Gasteiger partial charge in [-0.2, -0.15) is 21.0 Å². The second-order valence-corrected chi connectivity index (χ2v) is 22.0. The highest BCUT2D eigenvalue weighted by Gasteiger charge is 2.29. The summed E-state index contributed by atoms with van der Waals surface area (Å²) in [5, 5.41) is 55.2. The van der Waals surface area contributed by atoms with Gasteiger partial charge in [-0.05, 0) is 120 Å². The number of nitriles is 4. The van der Waals surface area contributed by atoms with E-state index in [1.165, 1.54) is 0 Å². The second kappa shape index (κ2) is 17.5. The van der Waals surface area contributed by atoms with E-state index in [1.54, 1.807) is 18.2 Å². The van der Waals surface area contributed by atoms with E-state index in [-0.39, 0.29) is 0 Å². The molecule has 0 aliphatic rings. The van der Waals surface area contributed by atoms with Crippen LogP contribution in [-0.4, -0.2) is 18.3 Å². The third-order valence-corrected chi connectivity index (χ3v) is 17.7. The lowest BCUT2D eigenvalue weighted by Gasteiger charge is -2.17. The third kappa shape index (κ3) is 6.28. The van der Waals surface area contributed by atoms with Crippen molar-refractivity contribution in [1.82, 2.24) is 18.3 Å². The van der Waals surface area contributed by atoms with E-state index in [9.17, 15) is 21.0 Å². The maximum atomic E-state index is 11.8. The van der Waals surface area contributed by atoms with Crippen molar-refractivity contribution in [2.24, 2.45) is 0 Å². The molecule has 0 atom stereocenters. The Labute approximate surface area is 487 Å². The smallest absolute Gasteiger partial charge is 0.160 e. The molecule has 0 unspecified atom stereocenters. The van der Waals surface area contributed by atoms with Gasteiger partial charge in [0.05, 0.1) is 90.0 Å². The molecule has 10 nitrogen and oxygen atoms in total. The molecule has 0 aliphatic carbocycles. The zero-order chi connectivity index (χ0) is 57.1. The summed E-state index contributed by atoms with van der Waals surface area (Å²) in [4.78, 5) is 0. The first-order chi connectivity index (χ1) is 42.5. The lowest BCUT2D eigenvalue weighted by Crippen LogP contribution is -2.05. The maximum Gasteiger partial charge on any atom is 0.160 e. The first-order valence-corrected chi connectivity index (χ1v) is 28.2. The Balaban J connectivity index is 0.933. The minimum Gasteiger partial charge on any atom is -0.454 e. The molecule has 0 saturated heterocycles. The van der Waals surface area contributed by atoms with Gasteiger partial charge in [0.25, 0.3) is 0 Å². The van der Waals surface area contributed by atoms with E-state index in [1.807, 2.05) is 91.0 Å². The number of fused-ring (bicyclic) bond motifs is 20. The highest BCUT2D eigenvalue weighted by Crippen LogP contribution is 2.49. The summed E-state index contributed by atoms with van der Waals surface area (Å²) in [5.74, 6) is 0. The monoisotopic (exact) mass is 1090 g/mol. The van der Waals surface area contributed by atoms with Crippen LogP contribution in [0.1, 0.15) is 22.3 Å². The lowest BCUT2D eigenvalue weighted by atomic mass is 9.95. The Bertz CT molecular complexity index is 6270. The Morgan fingerprint density at radius 1 is 0.302 bits per heavy atom. The molecule has 86 heavy (non-hydrogen) atoms. The highest BCUT2D eigenvalue weighted by molar-refractivity contribution is 6.28. The molecule has 12 aromatic carbocycles. The predicted octanol–water partition coefficient (Wildman–Crippen LogP) is 19.0. The Hall–Kier alpha value is -12.6. The van der Waals surface area contributed by atoms with E-state index in [0.29, 0.717) is 56.1 Å². The summed E-state index contributed by atoms with van der Waals surface area (Å²) >= 11 is 0. The van der Waals surface area contributed by atoms with Gasteiger partial charge in [-0.1, -0.05) is 121 Å². The highest BCUT2D eigenvalue weighted by atomic mass is 16.3. The Kier molecular flexibility index (Phi) is 9.56. The number of hydrogen-bond donors (Lipinski definition) is 0. The predicted molar refractivity (Wildman–Crippen MR) is 343 cm³/mol. The van der Waals surface area contributed by atoms with E-state index >= 15 is 0 Å².